The number of furan rings is 1. The number of anilines is 1. The van der Waals surface area contributed by atoms with Gasteiger partial charge in [-0.15, -0.1) is 11.8 Å². The summed E-state index contributed by atoms with van der Waals surface area (Å²) in [6.07, 6.45) is 2.31. The smallest absolute Gasteiger partial charge is 0.291 e. The largest absolute Gasteiger partial charge is 0.459 e. The molecule has 27 heavy (non-hydrogen) atoms. The summed E-state index contributed by atoms with van der Waals surface area (Å²) in [5, 5.41) is 5.87. The summed E-state index contributed by atoms with van der Waals surface area (Å²) in [4.78, 5) is 26.4. The van der Waals surface area contributed by atoms with Gasteiger partial charge in [0.25, 0.3) is 11.8 Å². The van der Waals surface area contributed by atoms with Crippen molar-refractivity contribution in [3.8, 4) is 0 Å². The molecule has 1 aliphatic heterocycles. The maximum Gasteiger partial charge on any atom is 0.291 e. The molecule has 0 aliphatic carbocycles. The lowest BCUT2D eigenvalue weighted by molar-refractivity contribution is 0.0936. The van der Waals surface area contributed by atoms with E-state index in [4.69, 9.17) is 4.42 Å². The highest BCUT2D eigenvalue weighted by molar-refractivity contribution is 7.99. The summed E-state index contributed by atoms with van der Waals surface area (Å²) in [6, 6.07) is 18.3. The summed E-state index contributed by atoms with van der Waals surface area (Å²) >= 11 is 1.81. The Bertz CT molecular complexity index is 969. The zero-order valence-corrected chi connectivity index (χ0v) is 15.3. The molecular formula is C21H18N2O3S. The van der Waals surface area contributed by atoms with Crippen molar-refractivity contribution in [1.82, 2.24) is 5.32 Å². The molecular weight excluding hydrogens is 360 g/mol. The first kappa shape index (κ1) is 17.4. The minimum absolute atomic E-state index is 0.0382. The fraction of sp³-hybridized carbons (Fsp3) is 0.143. The van der Waals surface area contributed by atoms with Crippen LogP contribution in [-0.4, -0.2) is 17.6 Å². The van der Waals surface area contributed by atoms with Crippen LogP contribution in [0.2, 0.25) is 0 Å². The summed E-state index contributed by atoms with van der Waals surface area (Å²) in [7, 11) is 0. The highest BCUT2D eigenvalue weighted by Crippen LogP contribution is 2.36. The fourth-order valence-corrected chi connectivity index (χ4v) is 4.24. The summed E-state index contributed by atoms with van der Waals surface area (Å²) < 4.78 is 5.11. The Labute approximate surface area is 161 Å². The van der Waals surface area contributed by atoms with Crippen LogP contribution in [0.4, 0.5) is 5.69 Å². The number of hydrogen-bond acceptors (Lipinski definition) is 4. The monoisotopic (exact) mass is 378 g/mol. The molecule has 2 heterocycles. The predicted octanol–water partition coefficient (Wildman–Crippen LogP) is 4.50. The van der Waals surface area contributed by atoms with Crippen LogP contribution in [0.1, 0.15) is 38.9 Å². The van der Waals surface area contributed by atoms with Gasteiger partial charge in [-0.05, 0) is 42.3 Å². The van der Waals surface area contributed by atoms with E-state index in [-0.39, 0.29) is 23.6 Å². The predicted molar refractivity (Wildman–Crippen MR) is 105 cm³/mol. The van der Waals surface area contributed by atoms with Gasteiger partial charge < -0.3 is 15.1 Å². The van der Waals surface area contributed by atoms with Crippen LogP contribution < -0.4 is 10.6 Å². The molecule has 1 unspecified atom stereocenters. The standard InChI is InChI=1S/C21H18N2O3S/c24-20(22-17-11-13-27-19-10-4-2-6-14(17)19)15-7-1-3-8-16(15)23-21(25)18-9-5-12-26-18/h1-10,12,17H,11,13H2,(H,22,24)(H,23,25). The number of hydrogen-bond donors (Lipinski definition) is 2. The number of thioether (sulfide) groups is 1. The van der Waals surface area contributed by atoms with Crippen LogP contribution >= 0.6 is 11.8 Å². The molecule has 1 aromatic heterocycles. The van der Waals surface area contributed by atoms with E-state index < -0.39 is 0 Å². The molecule has 0 spiro atoms. The Morgan fingerprint density at radius 2 is 1.78 bits per heavy atom. The third-order valence-corrected chi connectivity index (χ3v) is 5.55. The van der Waals surface area contributed by atoms with Crippen molar-refractivity contribution < 1.29 is 14.0 Å². The van der Waals surface area contributed by atoms with E-state index in [1.165, 1.54) is 11.2 Å². The number of amides is 2. The van der Waals surface area contributed by atoms with Gasteiger partial charge >= 0.3 is 0 Å². The van der Waals surface area contributed by atoms with E-state index in [0.29, 0.717) is 11.3 Å². The molecule has 1 atom stereocenters. The summed E-state index contributed by atoms with van der Waals surface area (Å²) in [5.41, 5.74) is 2.02. The first-order valence-electron chi connectivity index (χ1n) is 8.69. The quantitative estimate of drug-likeness (QED) is 0.701. The fourth-order valence-electron chi connectivity index (χ4n) is 3.11. The van der Waals surface area contributed by atoms with Gasteiger partial charge in [0.2, 0.25) is 0 Å². The molecule has 4 rings (SSSR count). The Kier molecular flexibility index (Phi) is 4.98. The number of benzene rings is 2. The Morgan fingerprint density at radius 3 is 2.63 bits per heavy atom. The van der Waals surface area contributed by atoms with Gasteiger partial charge in [-0.1, -0.05) is 30.3 Å². The second kappa shape index (κ2) is 7.72. The summed E-state index contributed by atoms with van der Waals surface area (Å²) in [6.45, 7) is 0. The molecule has 136 valence electrons. The molecule has 0 bridgehead atoms. The molecule has 1 aliphatic rings. The average Bonchev–Trinajstić information content (AvgIpc) is 3.24. The van der Waals surface area contributed by atoms with Gasteiger partial charge in [-0.2, -0.15) is 0 Å². The zero-order valence-electron chi connectivity index (χ0n) is 14.5. The highest BCUT2D eigenvalue weighted by atomic mass is 32.2. The lowest BCUT2D eigenvalue weighted by Crippen LogP contribution is -2.31. The van der Waals surface area contributed by atoms with Crippen molar-refractivity contribution in [3.63, 3.8) is 0 Å². The number of nitrogens with one attached hydrogen (secondary N) is 2. The van der Waals surface area contributed by atoms with Gasteiger partial charge in [-0.25, -0.2) is 0 Å². The Hall–Kier alpha value is -2.99. The molecule has 3 aromatic rings. The number of para-hydroxylation sites is 1. The SMILES string of the molecule is O=C(Nc1ccccc1C(=O)NC1CCSc2ccccc21)c1ccco1. The normalized spacial score (nSPS) is 15.6. The molecule has 0 fully saturated rings. The molecule has 2 aromatic carbocycles. The number of rotatable bonds is 4. The first-order chi connectivity index (χ1) is 13.2. The Morgan fingerprint density at radius 1 is 0.963 bits per heavy atom. The first-order valence-corrected chi connectivity index (χ1v) is 9.67. The molecule has 2 amide bonds. The molecule has 0 saturated heterocycles. The van der Waals surface area contributed by atoms with E-state index in [2.05, 4.69) is 22.8 Å². The minimum Gasteiger partial charge on any atom is -0.459 e. The molecule has 5 nitrogen and oxygen atoms in total. The topological polar surface area (TPSA) is 71.3 Å². The van der Waals surface area contributed by atoms with E-state index in [0.717, 1.165) is 17.7 Å². The van der Waals surface area contributed by atoms with Crippen LogP contribution in [-0.2, 0) is 0 Å². The van der Waals surface area contributed by atoms with Crippen molar-refractivity contribution >= 4 is 29.3 Å². The lowest BCUT2D eigenvalue weighted by atomic mass is 10.0. The van der Waals surface area contributed by atoms with Crippen LogP contribution in [0, 0.1) is 0 Å². The minimum atomic E-state index is -0.389. The highest BCUT2D eigenvalue weighted by Gasteiger charge is 2.23. The molecule has 6 heteroatoms. The van der Waals surface area contributed by atoms with E-state index in [9.17, 15) is 9.59 Å². The lowest BCUT2D eigenvalue weighted by Gasteiger charge is -2.26. The maximum absolute atomic E-state index is 12.9. The van der Waals surface area contributed by atoms with Crippen molar-refractivity contribution in [2.24, 2.45) is 0 Å². The van der Waals surface area contributed by atoms with Crippen molar-refractivity contribution in [1.29, 1.82) is 0 Å². The molecule has 2 N–H and O–H groups in total. The van der Waals surface area contributed by atoms with E-state index in [1.54, 1.807) is 48.2 Å². The number of fused-ring (bicyclic) bond motifs is 1. The molecule has 0 saturated carbocycles. The van der Waals surface area contributed by atoms with Gasteiger partial charge in [0.1, 0.15) is 0 Å². The van der Waals surface area contributed by atoms with E-state index >= 15 is 0 Å². The van der Waals surface area contributed by atoms with Crippen LogP contribution in [0.15, 0.2) is 76.2 Å². The number of carbonyl (C=O) groups is 2. The maximum atomic E-state index is 12.9. The third kappa shape index (κ3) is 3.75. The van der Waals surface area contributed by atoms with Gasteiger partial charge in [0, 0.05) is 10.6 Å². The van der Waals surface area contributed by atoms with Gasteiger partial charge in [0.15, 0.2) is 5.76 Å². The van der Waals surface area contributed by atoms with Crippen LogP contribution in [0.3, 0.4) is 0 Å². The van der Waals surface area contributed by atoms with Crippen molar-refractivity contribution in [2.75, 3.05) is 11.1 Å². The van der Waals surface area contributed by atoms with E-state index in [1.807, 2.05) is 12.1 Å². The average molecular weight is 378 g/mol. The van der Waals surface area contributed by atoms with Gasteiger partial charge in [0.05, 0.1) is 23.6 Å². The van der Waals surface area contributed by atoms with Crippen LogP contribution in [0.5, 0.6) is 0 Å². The number of carbonyl (C=O) groups excluding carboxylic acids is 2. The zero-order chi connectivity index (χ0) is 18.6. The van der Waals surface area contributed by atoms with Crippen molar-refractivity contribution in [2.45, 2.75) is 17.4 Å². The molecule has 0 radical (unpaired) electrons. The van der Waals surface area contributed by atoms with Gasteiger partial charge in [-0.3, -0.25) is 9.59 Å². The van der Waals surface area contributed by atoms with Crippen molar-refractivity contribution in [3.05, 3.63) is 83.8 Å². The summed E-state index contributed by atoms with van der Waals surface area (Å²) in [5.74, 6) is 0.555. The Balaban J connectivity index is 1.54. The second-order valence-corrected chi connectivity index (χ2v) is 7.31. The second-order valence-electron chi connectivity index (χ2n) is 6.18. The third-order valence-electron chi connectivity index (χ3n) is 4.43. The van der Waals surface area contributed by atoms with Crippen LogP contribution in [0.25, 0.3) is 0 Å².